The van der Waals surface area contributed by atoms with Crippen LogP contribution >= 0.6 is 0 Å². The number of nitrogens with one attached hydrogen (secondary N) is 1. The van der Waals surface area contributed by atoms with Crippen molar-refractivity contribution in [2.24, 2.45) is 5.73 Å². The van der Waals surface area contributed by atoms with E-state index in [0.717, 1.165) is 13.1 Å². The Labute approximate surface area is 56.5 Å². The Morgan fingerprint density at radius 3 is 2.67 bits per heavy atom. The second kappa shape index (κ2) is 4.21. The van der Waals surface area contributed by atoms with E-state index >= 15 is 0 Å². The Kier molecular flexibility index (Phi) is 3.88. The molecular weight excluding hydrogens is 114 g/mol. The highest BCUT2D eigenvalue weighted by atomic mass is 15.2. The maximum atomic E-state index is 5.38. The smallest absolute Gasteiger partial charge is 0.0910 e. The average Bonchev–Trinajstić information content (AvgIpc) is 1.82. The van der Waals surface area contributed by atoms with Crippen LogP contribution in [0.5, 0.6) is 0 Å². The van der Waals surface area contributed by atoms with E-state index in [1.165, 1.54) is 0 Å². The van der Waals surface area contributed by atoms with Gasteiger partial charge in [-0.1, -0.05) is 6.58 Å². The number of rotatable bonds is 4. The summed E-state index contributed by atoms with van der Waals surface area (Å²) in [6.07, 6.45) is 0. The molecule has 0 aliphatic rings. The molecule has 0 aromatic heterocycles. The first kappa shape index (κ1) is 8.30. The summed E-state index contributed by atoms with van der Waals surface area (Å²) in [5, 5.41) is 3.02. The van der Waals surface area contributed by atoms with Gasteiger partial charge in [-0.3, -0.25) is 0 Å². The third kappa shape index (κ3) is 3.85. The summed E-state index contributed by atoms with van der Waals surface area (Å²) in [6, 6.07) is 0. The molecule has 3 nitrogen and oxygen atoms in total. The molecule has 0 aliphatic carbocycles. The molecule has 0 aromatic carbocycles. The van der Waals surface area contributed by atoms with Crippen LogP contribution in [0.15, 0.2) is 12.4 Å². The topological polar surface area (TPSA) is 41.3 Å². The fourth-order valence-corrected chi connectivity index (χ4v) is 0.423. The molecule has 9 heavy (non-hydrogen) atoms. The Hall–Kier alpha value is -0.700. The highest BCUT2D eigenvalue weighted by Gasteiger charge is 1.92. The Balaban J connectivity index is 3.27. The van der Waals surface area contributed by atoms with Gasteiger partial charge < -0.3 is 16.0 Å². The fraction of sp³-hybridized carbons (Fsp3) is 0.667. The van der Waals surface area contributed by atoms with Crippen LogP contribution in [0.1, 0.15) is 0 Å². The van der Waals surface area contributed by atoms with Crippen molar-refractivity contribution >= 4 is 0 Å². The van der Waals surface area contributed by atoms with E-state index in [0.29, 0.717) is 5.82 Å². The van der Waals surface area contributed by atoms with Crippen LogP contribution in [0, 0.1) is 0 Å². The molecule has 54 valence electrons. The number of hydrogen-bond donors (Lipinski definition) is 2. The van der Waals surface area contributed by atoms with Gasteiger partial charge in [0, 0.05) is 20.1 Å². The van der Waals surface area contributed by atoms with Gasteiger partial charge in [0.2, 0.25) is 0 Å². The zero-order chi connectivity index (χ0) is 7.28. The molecule has 0 heterocycles. The van der Waals surface area contributed by atoms with Gasteiger partial charge >= 0.3 is 0 Å². The van der Waals surface area contributed by atoms with Crippen LogP contribution in [0.2, 0.25) is 0 Å². The van der Waals surface area contributed by atoms with Crippen LogP contribution in [-0.4, -0.2) is 32.1 Å². The lowest BCUT2D eigenvalue weighted by molar-refractivity contribution is 0.412. The molecule has 0 bridgehead atoms. The molecule has 0 unspecified atom stereocenters. The zero-order valence-corrected chi connectivity index (χ0v) is 6.15. The Bertz CT molecular complexity index is 90.3. The number of likely N-dealkylation sites (N-methyl/N-ethyl adjacent to an activating group) is 2. The number of nitrogens with zero attached hydrogens (tertiary/aromatic N) is 1. The quantitative estimate of drug-likeness (QED) is 0.541. The first-order valence-corrected chi connectivity index (χ1v) is 2.98. The lowest BCUT2D eigenvalue weighted by Crippen LogP contribution is -2.29. The summed E-state index contributed by atoms with van der Waals surface area (Å²) in [7, 11) is 3.83. The molecule has 3 N–H and O–H groups in total. The van der Waals surface area contributed by atoms with E-state index < -0.39 is 0 Å². The molecular formula is C6H15N3. The predicted molar refractivity (Wildman–Crippen MR) is 39.9 cm³/mol. The minimum atomic E-state index is 0.616. The average molecular weight is 129 g/mol. The van der Waals surface area contributed by atoms with Crippen LogP contribution in [0.4, 0.5) is 0 Å². The van der Waals surface area contributed by atoms with E-state index in [9.17, 15) is 0 Å². The van der Waals surface area contributed by atoms with Crippen molar-refractivity contribution < 1.29 is 0 Å². The van der Waals surface area contributed by atoms with Crippen molar-refractivity contribution in [1.29, 1.82) is 0 Å². The first-order chi connectivity index (χ1) is 4.18. The molecule has 0 saturated heterocycles. The Morgan fingerprint density at radius 2 is 2.33 bits per heavy atom. The van der Waals surface area contributed by atoms with E-state index in [-0.39, 0.29) is 0 Å². The molecule has 0 rings (SSSR count). The lowest BCUT2D eigenvalue weighted by atomic mass is 10.5. The SMILES string of the molecule is C=C(N)N(C)CCNC. The highest BCUT2D eigenvalue weighted by molar-refractivity contribution is 4.83. The minimum Gasteiger partial charge on any atom is -0.386 e. The molecule has 0 aliphatic heterocycles. The van der Waals surface area contributed by atoms with Crippen LogP contribution in [0.25, 0.3) is 0 Å². The van der Waals surface area contributed by atoms with E-state index in [4.69, 9.17) is 5.73 Å². The van der Waals surface area contributed by atoms with Gasteiger partial charge in [0.05, 0.1) is 5.82 Å². The van der Waals surface area contributed by atoms with E-state index in [1.807, 2.05) is 19.0 Å². The van der Waals surface area contributed by atoms with E-state index in [1.54, 1.807) is 0 Å². The lowest BCUT2D eigenvalue weighted by Gasteiger charge is -2.17. The summed E-state index contributed by atoms with van der Waals surface area (Å²) in [6.45, 7) is 5.43. The Morgan fingerprint density at radius 1 is 1.78 bits per heavy atom. The summed E-state index contributed by atoms with van der Waals surface area (Å²) in [5.41, 5.74) is 5.38. The van der Waals surface area contributed by atoms with Crippen molar-refractivity contribution in [3.05, 3.63) is 12.4 Å². The van der Waals surface area contributed by atoms with Crippen molar-refractivity contribution in [3.63, 3.8) is 0 Å². The van der Waals surface area contributed by atoms with Gasteiger partial charge in [0.15, 0.2) is 0 Å². The number of nitrogens with two attached hydrogens (primary N) is 1. The monoisotopic (exact) mass is 129 g/mol. The van der Waals surface area contributed by atoms with E-state index in [2.05, 4.69) is 11.9 Å². The maximum Gasteiger partial charge on any atom is 0.0910 e. The standard InChI is InChI=1S/C6H15N3/c1-6(7)9(3)5-4-8-2/h8H,1,4-5,7H2,2-3H3. The highest BCUT2D eigenvalue weighted by Crippen LogP contribution is 1.85. The van der Waals surface area contributed by atoms with Crippen molar-refractivity contribution in [1.82, 2.24) is 10.2 Å². The zero-order valence-electron chi connectivity index (χ0n) is 6.15. The second-order valence-corrected chi connectivity index (χ2v) is 2.02. The molecule has 0 atom stereocenters. The molecule has 0 aromatic rings. The number of hydrogen-bond acceptors (Lipinski definition) is 3. The molecule has 3 heteroatoms. The molecule has 0 spiro atoms. The van der Waals surface area contributed by atoms with Gasteiger partial charge in [-0.05, 0) is 7.05 Å². The molecule has 0 radical (unpaired) electrons. The second-order valence-electron chi connectivity index (χ2n) is 2.02. The van der Waals surface area contributed by atoms with Crippen molar-refractivity contribution in [2.75, 3.05) is 27.2 Å². The third-order valence-corrected chi connectivity index (χ3v) is 1.19. The van der Waals surface area contributed by atoms with Crippen molar-refractivity contribution in [2.45, 2.75) is 0 Å². The summed E-state index contributed by atoms with van der Waals surface area (Å²) in [4.78, 5) is 1.90. The van der Waals surface area contributed by atoms with Crippen molar-refractivity contribution in [3.8, 4) is 0 Å². The fourth-order valence-electron chi connectivity index (χ4n) is 0.423. The summed E-state index contributed by atoms with van der Waals surface area (Å²) < 4.78 is 0. The normalized spacial score (nSPS) is 9.11. The largest absolute Gasteiger partial charge is 0.386 e. The summed E-state index contributed by atoms with van der Waals surface area (Å²) in [5.74, 6) is 0.616. The molecule has 0 amide bonds. The van der Waals surface area contributed by atoms with Crippen LogP contribution in [0.3, 0.4) is 0 Å². The predicted octanol–water partition coefficient (Wildman–Crippen LogP) is -0.432. The van der Waals surface area contributed by atoms with Gasteiger partial charge in [-0.2, -0.15) is 0 Å². The van der Waals surface area contributed by atoms with Gasteiger partial charge in [-0.15, -0.1) is 0 Å². The third-order valence-electron chi connectivity index (χ3n) is 1.19. The van der Waals surface area contributed by atoms with Gasteiger partial charge in [-0.25, -0.2) is 0 Å². The van der Waals surface area contributed by atoms with Gasteiger partial charge in [0.1, 0.15) is 0 Å². The minimum absolute atomic E-state index is 0.616. The van der Waals surface area contributed by atoms with Crippen LogP contribution in [-0.2, 0) is 0 Å². The molecule has 0 saturated carbocycles. The summed E-state index contributed by atoms with van der Waals surface area (Å²) >= 11 is 0. The molecule has 0 fully saturated rings. The van der Waals surface area contributed by atoms with Crippen LogP contribution < -0.4 is 11.1 Å². The first-order valence-electron chi connectivity index (χ1n) is 2.98. The maximum absolute atomic E-state index is 5.38. The van der Waals surface area contributed by atoms with Gasteiger partial charge in [0.25, 0.3) is 0 Å².